The molecule has 11 rings (SSSR count). The number of hydrogen-bond donors (Lipinski definition) is 0. The molecule has 0 spiro atoms. The number of aromatic nitrogens is 4. The number of rotatable bonds is 6. The number of nitrogens with zero attached hydrogens (tertiary/aromatic N) is 4. The van der Waals surface area contributed by atoms with Crippen molar-refractivity contribution in [3.8, 4) is 67.7 Å². The number of fused-ring (bicyclic) bond motifs is 5. The molecule has 0 aliphatic rings. The van der Waals surface area contributed by atoms with E-state index in [-0.39, 0.29) is 0 Å². The topological polar surface area (TPSA) is 51.6 Å². The predicted octanol–water partition coefficient (Wildman–Crippen LogP) is 13.9. The van der Waals surface area contributed by atoms with Crippen LogP contribution in [-0.4, -0.2) is 19.9 Å². The molecule has 0 saturated carbocycles. The van der Waals surface area contributed by atoms with Crippen molar-refractivity contribution in [2.24, 2.45) is 0 Å². The Hall–Kier alpha value is -7.82. The summed E-state index contributed by atoms with van der Waals surface area (Å²) in [7, 11) is 0. The fourth-order valence-corrected chi connectivity index (χ4v) is 8.16. The Bertz CT molecular complexity index is 3240. The molecule has 11 aromatic rings. The van der Waals surface area contributed by atoms with Gasteiger partial charge in [0.1, 0.15) is 0 Å². The largest absolute Gasteiger partial charge is 0.247 e. The van der Waals surface area contributed by atoms with Crippen LogP contribution in [0.5, 0.6) is 0 Å². The average molecular weight is 739 g/mol. The van der Waals surface area contributed by atoms with Gasteiger partial charge in [-0.1, -0.05) is 182 Å². The zero-order chi connectivity index (χ0) is 38.4. The first-order chi connectivity index (χ1) is 28.7. The Kier molecular flexibility index (Phi) is 8.11. The molecular formula is C54H34N4. The molecule has 4 heteroatoms. The number of pyridine rings is 1. The first-order valence-corrected chi connectivity index (χ1v) is 19.5. The van der Waals surface area contributed by atoms with Crippen LogP contribution in [0.25, 0.3) is 111 Å². The van der Waals surface area contributed by atoms with Gasteiger partial charge in [0.25, 0.3) is 0 Å². The summed E-state index contributed by atoms with van der Waals surface area (Å²) in [5.41, 5.74) is 10.4. The summed E-state index contributed by atoms with van der Waals surface area (Å²) >= 11 is 0. The number of hydrogen-bond acceptors (Lipinski definition) is 4. The molecule has 270 valence electrons. The molecule has 0 radical (unpaired) electrons. The molecule has 58 heavy (non-hydrogen) atoms. The highest BCUT2D eigenvalue weighted by Crippen LogP contribution is 2.39. The molecule has 0 aliphatic heterocycles. The van der Waals surface area contributed by atoms with E-state index in [1.807, 2.05) is 6.07 Å². The Morgan fingerprint density at radius 2 is 0.741 bits per heavy atom. The third-order valence-corrected chi connectivity index (χ3v) is 11.1. The smallest absolute Gasteiger partial charge is 0.164 e. The van der Waals surface area contributed by atoms with E-state index in [1.165, 1.54) is 21.7 Å². The van der Waals surface area contributed by atoms with Crippen molar-refractivity contribution in [1.29, 1.82) is 0 Å². The van der Waals surface area contributed by atoms with E-state index in [1.54, 1.807) is 0 Å². The zero-order valence-electron chi connectivity index (χ0n) is 31.4. The van der Waals surface area contributed by atoms with E-state index >= 15 is 0 Å². The van der Waals surface area contributed by atoms with Gasteiger partial charge in [-0.05, 0) is 68.1 Å². The summed E-state index contributed by atoms with van der Waals surface area (Å²) in [5, 5.41) is 8.14. The number of para-hydroxylation sites is 1. The molecular weight excluding hydrogens is 705 g/mol. The zero-order valence-corrected chi connectivity index (χ0v) is 31.4. The highest BCUT2D eigenvalue weighted by Gasteiger charge is 2.16. The molecule has 0 unspecified atom stereocenters. The van der Waals surface area contributed by atoms with Gasteiger partial charge in [-0.3, -0.25) is 0 Å². The Labute approximate surface area is 335 Å². The van der Waals surface area contributed by atoms with Crippen LogP contribution >= 0.6 is 0 Å². The monoisotopic (exact) mass is 738 g/mol. The van der Waals surface area contributed by atoms with Gasteiger partial charge in [0.15, 0.2) is 17.5 Å². The van der Waals surface area contributed by atoms with E-state index in [9.17, 15) is 0 Å². The Morgan fingerprint density at radius 3 is 1.41 bits per heavy atom. The summed E-state index contributed by atoms with van der Waals surface area (Å²) in [4.78, 5) is 20.4. The maximum Gasteiger partial charge on any atom is 0.164 e. The lowest BCUT2D eigenvalue weighted by molar-refractivity contribution is 1.08. The van der Waals surface area contributed by atoms with Crippen LogP contribution in [-0.2, 0) is 0 Å². The van der Waals surface area contributed by atoms with Gasteiger partial charge in [-0.25, -0.2) is 19.9 Å². The summed E-state index contributed by atoms with van der Waals surface area (Å²) in [6, 6.07) is 72.4. The van der Waals surface area contributed by atoms with Crippen molar-refractivity contribution < 1.29 is 0 Å². The molecule has 0 fully saturated rings. The highest BCUT2D eigenvalue weighted by molar-refractivity contribution is 6.17. The molecule has 0 saturated heterocycles. The molecule has 0 amide bonds. The van der Waals surface area contributed by atoms with Crippen molar-refractivity contribution in [2.75, 3.05) is 0 Å². The summed E-state index contributed by atoms with van der Waals surface area (Å²) in [5.74, 6) is 1.91. The standard InChI is InChI=1S/C54H34N4/c1-2-14-39(15-3-1)51-48-22-11-21-46(50(48)47-20-8-9-23-49(47)55-51)38-28-24-37(25-29-38)42-18-10-19-43(32-42)52-56-53(44-30-26-35-12-4-6-16-40(35)33-44)58-54(57-52)45-31-27-36-13-5-7-17-41(36)34-45/h1-34H. The molecule has 2 heterocycles. The van der Waals surface area contributed by atoms with Crippen LogP contribution in [0.2, 0.25) is 0 Å². The highest BCUT2D eigenvalue weighted by atomic mass is 15.0. The van der Waals surface area contributed by atoms with E-state index in [4.69, 9.17) is 19.9 Å². The predicted molar refractivity (Wildman–Crippen MR) is 240 cm³/mol. The SMILES string of the molecule is c1ccc(-c2nc3ccccc3c3c(-c4ccc(-c5cccc(-c6nc(-c7ccc8ccccc8c7)nc(-c7ccc8ccccc8c7)n6)c5)cc4)cccc23)cc1. The summed E-state index contributed by atoms with van der Waals surface area (Å²) < 4.78 is 0. The normalized spacial score (nSPS) is 11.4. The fourth-order valence-electron chi connectivity index (χ4n) is 8.16. The van der Waals surface area contributed by atoms with Crippen molar-refractivity contribution in [3.63, 3.8) is 0 Å². The van der Waals surface area contributed by atoms with Gasteiger partial charge < -0.3 is 0 Å². The van der Waals surface area contributed by atoms with Crippen LogP contribution in [0, 0.1) is 0 Å². The first kappa shape index (κ1) is 33.5. The maximum atomic E-state index is 5.15. The molecule has 0 atom stereocenters. The fraction of sp³-hybridized carbons (Fsp3) is 0. The van der Waals surface area contributed by atoms with Crippen LogP contribution in [0.3, 0.4) is 0 Å². The average Bonchev–Trinajstić information content (AvgIpc) is 3.31. The Morgan fingerprint density at radius 1 is 0.259 bits per heavy atom. The molecule has 0 bridgehead atoms. The van der Waals surface area contributed by atoms with E-state index in [2.05, 4.69) is 200 Å². The van der Waals surface area contributed by atoms with Gasteiger partial charge in [0.2, 0.25) is 0 Å². The minimum atomic E-state index is 0.630. The second kappa shape index (κ2) is 14.0. The van der Waals surface area contributed by atoms with E-state index in [0.29, 0.717) is 17.5 Å². The van der Waals surface area contributed by atoms with Crippen molar-refractivity contribution in [2.45, 2.75) is 0 Å². The summed E-state index contributed by atoms with van der Waals surface area (Å²) in [6.45, 7) is 0. The van der Waals surface area contributed by atoms with Gasteiger partial charge in [-0.2, -0.15) is 0 Å². The minimum Gasteiger partial charge on any atom is -0.247 e. The lowest BCUT2D eigenvalue weighted by Gasteiger charge is -2.14. The van der Waals surface area contributed by atoms with Crippen LogP contribution in [0.1, 0.15) is 0 Å². The lowest BCUT2D eigenvalue weighted by Crippen LogP contribution is -2.00. The molecule has 4 nitrogen and oxygen atoms in total. The lowest BCUT2D eigenvalue weighted by atomic mass is 9.92. The van der Waals surface area contributed by atoms with E-state index < -0.39 is 0 Å². The third-order valence-electron chi connectivity index (χ3n) is 11.1. The summed E-state index contributed by atoms with van der Waals surface area (Å²) in [6.07, 6.45) is 0. The quantitative estimate of drug-likeness (QED) is 0.159. The van der Waals surface area contributed by atoms with Gasteiger partial charge in [-0.15, -0.1) is 0 Å². The number of benzene rings is 9. The van der Waals surface area contributed by atoms with Crippen molar-refractivity contribution in [1.82, 2.24) is 19.9 Å². The molecule has 9 aromatic carbocycles. The van der Waals surface area contributed by atoms with Crippen molar-refractivity contribution in [3.05, 3.63) is 206 Å². The van der Waals surface area contributed by atoms with Crippen LogP contribution in [0.15, 0.2) is 206 Å². The van der Waals surface area contributed by atoms with Crippen LogP contribution in [0.4, 0.5) is 0 Å². The van der Waals surface area contributed by atoms with Gasteiger partial charge in [0, 0.05) is 38.4 Å². The molecule has 0 aliphatic carbocycles. The van der Waals surface area contributed by atoms with Crippen LogP contribution < -0.4 is 0 Å². The Balaban J connectivity index is 1.00. The van der Waals surface area contributed by atoms with Crippen molar-refractivity contribution >= 4 is 43.2 Å². The molecule has 0 N–H and O–H groups in total. The third kappa shape index (κ3) is 6.05. The second-order valence-electron chi connectivity index (χ2n) is 14.7. The van der Waals surface area contributed by atoms with Gasteiger partial charge >= 0.3 is 0 Å². The van der Waals surface area contributed by atoms with Gasteiger partial charge in [0.05, 0.1) is 11.2 Å². The minimum absolute atomic E-state index is 0.630. The van der Waals surface area contributed by atoms with E-state index in [0.717, 1.165) is 71.7 Å². The first-order valence-electron chi connectivity index (χ1n) is 19.5. The second-order valence-corrected chi connectivity index (χ2v) is 14.7. The molecule has 2 aromatic heterocycles. The maximum absolute atomic E-state index is 5.15.